The van der Waals surface area contributed by atoms with Gasteiger partial charge in [0.05, 0.1) is 152 Å². The van der Waals surface area contributed by atoms with E-state index >= 15 is 0 Å². The Morgan fingerprint density at radius 3 is 0.881 bits per heavy atom. The Labute approximate surface area is 249 Å². The summed E-state index contributed by atoms with van der Waals surface area (Å²) in [7, 11) is 0. The molecule has 0 aromatic carbocycles. The molecule has 0 aliphatic heterocycles. The molecule has 15 heteroatoms. The van der Waals surface area contributed by atoms with E-state index in [-0.39, 0.29) is 25.6 Å². The minimum Gasteiger partial charge on any atom is -0.480 e. The topological polar surface area (TPSA) is 165 Å². The molecule has 42 heavy (non-hydrogen) atoms. The van der Waals surface area contributed by atoms with Gasteiger partial charge in [-0.15, -0.1) is 0 Å². The lowest BCUT2D eigenvalue weighted by molar-refractivity contribution is -0.144. The molecular weight excluding hydrogens is 564 g/mol. The zero-order valence-corrected chi connectivity index (χ0v) is 25.1. The molecular formula is C27H52O15. The van der Waals surface area contributed by atoms with Crippen LogP contribution in [0.15, 0.2) is 0 Å². The minimum absolute atomic E-state index is 0.238. The van der Waals surface area contributed by atoms with Gasteiger partial charge in [0.1, 0.15) is 6.61 Å². The van der Waals surface area contributed by atoms with Gasteiger partial charge in [0.25, 0.3) is 0 Å². The van der Waals surface area contributed by atoms with Crippen LogP contribution in [-0.2, 0) is 66.4 Å². The second kappa shape index (κ2) is 35.7. The van der Waals surface area contributed by atoms with Crippen molar-refractivity contribution in [1.29, 1.82) is 0 Å². The van der Waals surface area contributed by atoms with Gasteiger partial charge in [-0.25, -0.2) is 4.79 Å². The van der Waals surface area contributed by atoms with Crippen molar-refractivity contribution < 1.29 is 71.5 Å². The predicted octanol–water partition coefficient (Wildman–Crippen LogP) is 0.207. The molecule has 0 aliphatic rings. The predicted molar refractivity (Wildman–Crippen MR) is 148 cm³/mol. The minimum atomic E-state index is -0.999. The van der Waals surface area contributed by atoms with Crippen LogP contribution in [0.25, 0.3) is 0 Å². The summed E-state index contributed by atoms with van der Waals surface area (Å²) in [5.74, 6) is -1.26. The number of hydrogen-bond donors (Lipinski definition) is 1. The Morgan fingerprint density at radius 2 is 0.643 bits per heavy atom. The van der Waals surface area contributed by atoms with Crippen molar-refractivity contribution in [2.24, 2.45) is 0 Å². The Hall–Kier alpha value is -1.50. The van der Waals surface area contributed by atoms with Crippen molar-refractivity contribution in [3.05, 3.63) is 0 Å². The van der Waals surface area contributed by atoms with Gasteiger partial charge < -0.3 is 61.9 Å². The zero-order valence-electron chi connectivity index (χ0n) is 25.1. The molecule has 15 nitrogen and oxygen atoms in total. The fraction of sp³-hybridized carbons (Fsp3) is 0.926. The van der Waals surface area contributed by atoms with E-state index in [0.29, 0.717) is 139 Å². The van der Waals surface area contributed by atoms with Gasteiger partial charge in [0.2, 0.25) is 0 Å². The van der Waals surface area contributed by atoms with Crippen LogP contribution in [0.4, 0.5) is 0 Å². The molecule has 0 fully saturated rings. The number of hydrogen-bond acceptors (Lipinski definition) is 14. The second-order valence-corrected chi connectivity index (χ2v) is 8.13. The molecule has 0 saturated carbocycles. The molecule has 0 heterocycles. The zero-order chi connectivity index (χ0) is 30.6. The first kappa shape index (κ1) is 40.5. The van der Waals surface area contributed by atoms with Crippen LogP contribution >= 0.6 is 0 Å². The van der Waals surface area contributed by atoms with E-state index in [2.05, 4.69) is 0 Å². The molecule has 0 spiro atoms. The van der Waals surface area contributed by atoms with E-state index in [1.807, 2.05) is 0 Å². The highest BCUT2D eigenvalue weighted by Crippen LogP contribution is 1.89. The highest BCUT2D eigenvalue weighted by atomic mass is 16.6. The van der Waals surface area contributed by atoms with Gasteiger partial charge in [-0.3, -0.25) is 4.79 Å². The van der Waals surface area contributed by atoms with Gasteiger partial charge in [0, 0.05) is 0 Å². The van der Waals surface area contributed by atoms with Crippen molar-refractivity contribution >= 4 is 11.9 Å². The molecule has 0 radical (unpaired) electrons. The maximum absolute atomic E-state index is 11.1. The monoisotopic (exact) mass is 616 g/mol. The van der Waals surface area contributed by atoms with Crippen LogP contribution in [0.3, 0.4) is 0 Å². The molecule has 0 aromatic heterocycles. The van der Waals surface area contributed by atoms with E-state index in [0.717, 1.165) is 0 Å². The summed E-state index contributed by atoms with van der Waals surface area (Å²) in [6.45, 7) is 11.1. The number of carbonyl (C=O) groups excluding carboxylic acids is 1. The van der Waals surface area contributed by atoms with E-state index < -0.39 is 5.97 Å². The van der Waals surface area contributed by atoms with Gasteiger partial charge >= 0.3 is 11.9 Å². The fourth-order valence-corrected chi connectivity index (χ4v) is 2.75. The smallest absolute Gasteiger partial charge is 0.329 e. The summed E-state index contributed by atoms with van der Waals surface area (Å²) < 4.78 is 63.5. The largest absolute Gasteiger partial charge is 0.480 e. The first-order chi connectivity index (χ1) is 20.7. The van der Waals surface area contributed by atoms with Crippen LogP contribution < -0.4 is 0 Å². The lowest BCUT2D eigenvalue weighted by Gasteiger charge is -2.09. The molecule has 0 amide bonds. The number of aliphatic carboxylic acids is 1. The first-order valence-corrected chi connectivity index (χ1v) is 14.4. The Bertz CT molecular complexity index is 568. The normalized spacial score (nSPS) is 11.3. The van der Waals surface area contributed by atoms with Crippen LogP contribution in [0.1, 0.15) is 13.3 Å². The van der Waals surface area contributed by atoms with Gasteiger partial charge in [0.15, 0.2) is 0 Å². The molecule has 0 rings (SSSR count). The molecule has 0 unspecified atom stereocenters. The maximum Gasteiger partial charge on any atom is 0.329 e. The molecule has 1 N–H and O–H groups in total. The lowest BCUT2D eigenvalue weighted by Crippen LogP contribution is -2.15. The molecule has 0 bridgehead atoms. The quantitative estimate of drug-likeness (QED) is 0.0749. The second-order valence-electron chi connectivity index (χ2n) is 8.13. The lowest BCUT2D eigenvalue weighted by atomic mass is 10.5. The number of carbonyl (C=O) groups is 2. The third-order valence-electron chi connectivity index (χ3n) is 4.70. The molecule has 250 valence electrons. The van der Waals surface area contributed by atoms with Crippen molar-refractivity contribution in [3.63, 3.8) is 0 Å². The van der Waals surface area contributed by atoms with Crippen molar-refractivity contribution in [1.82, 2.24) is 0 Å². The third-order valence-corrected chi connectivity index (χ3v) is 4.70. The van der Waals surface area contributed by atoms with Gasteiger partial charge in [-0.2, -0.15) is 0 Å². The highest BCUT2D eigenvalue weighted by molar-refractivity contribution is 5.69. The Morgan fingerprint density at radius 1 is 0.405 bits per heavy atom. The van der Waals surface area contributed by atoms with Gasteiger partial charge in [-0.05, 0) is 6.92 Å². The van der Waals surface area contributed by atoms with E-state index in [1.54, 1.807) is 6.92 Å². The van der Waals surface area contributed by atoms with Crippen LogP contribution in [-0.4, -0.2) is 169 Å². The van der Waals surface area contributed by atoms with Crippen LogP contribution in [0.5, 0.6) is 0 Å². The number of esters is 1. The molecule has 0 atom stereocenters. The third kappa shape index (κ3) is 36.5. The molecule has 0 saturated heterocycles. The van der Waals surface area contributed by atoms with Crippen LogP contribution in [0.2, 0.25) is 0 Å². The summed E-state index contributed by atoms with van der Waals surface area (Å²) >= 11 is 0. The summed E-state index contributed by atoms with van der Waals surface area (Å²) in [6.07, 6.45) is 0.251. The molecule has 0 aliphatic carbocycles. The SMILES string of the molecule is CCOC(=O)CCOCCOCCOCCOCCOCCOCCOCCOCCOCCOCCOCC(=O)O. The number of rotatable bonds is 36. The van der Waals surface area contributed by atoms with E-state index in [1.165, 1.54) is 0 Å². The fourth-order valence-electron chi connectivity index (χ4n) is 2.75. The van der Waals surface area contributed by atoms with Crippen molar-refractivity contribution in [3.8, 4) is 0 Å². The summed E-state index contributed by atoms with van der Waals surface area (Å²) in [6, 6.07) is 0. The highest BCUT2D eigenvalue weighted by Gasteiger charge is 2.01. The maximum atomic E-state index is 11.1. The van der Waals surface area contributed by atoms with E-state index in [4.69, 9.17) is 61.9 Å². The summed E-state index contributed by atoms with van der Waals surface area (Å²) in [5, 5.41) is 8.41. The molecule has 0 aromatic rings. The average Bonchev–Trinajstić information content (AvgIpc) is 2.97. The first-order valence-electron chi connectivity index (χ1n) is 14.4. The number of ether oxygens (including phenoxy) is 12. The summed E-state index contributed by atoms with van der Waals surface area (Å²) in [5.41, 5.74) is 0. The van der Waals surface area contributed by atoms with Crippen molar-refractivity contribution in [2.45, 2.75) is 13.3 Å². The van der Waals surface area contributed by atoms with Gasteiger partial charge in [-0.1, -0.05) is 0 Å². The Balaban J connectivity index is 3.06. The average molecular weight is 617 g/mol. The summed E-state index contributed by atoms with van der Waals surface area (Å²) in [4.78, 5) is 21.4. The van der Waals surface area contributed by atoms with Crippen molar-refractivity contribution in [2.75, 3.05) is 152 Å². The number of carboxylic acids is 1. The number of carboxylic acid groups (broad SMARTS) is 1. The van der Waals surface area contributed by atoms with Crippen LogP contribution in [0, 0.1) is 0 Å². The Kier molecular flexibility index (Phi) is 34.4. The standard InChI is InChI=1S/C27H52O15/c1-2-42-27(30)3-4-31-5-6-32-7-8-33-9-10-34-11-12-35-13-14-36-15-16-37-17-18-38-19-20-39-21-22-40-23-24-41-25-26(28)29/h2-25H2,1H3,(H,28,29). The van der Waals surface area contributed by atoms with E-state index in [9.17, 15) is 9.59 Å².